The van der Waals surface area contributed by atoms with E-state index in [9.17, 15) is 17.6 Å². The first-order chi connectivity index (χ1) is 12.3. The van der Waals surface area contributed by atoms with E-state index in [-0.39, 0.29) is 42.0 Å². The number of hydrogen-bond acceptors (Lipinski definition) is 3. The molecule has 0 atom stereocenters. The lowest BCUT2D eigenvalue weighted by Gasteiger charge is -2.34. The summed E-state index contributed by atoms with van der Waals surface area (Å²) in [5.74, 6) is -0.733. The molecule has 1 saturated heterocycles. The third-order valence-corrected chi connectivity index (χ3v) is 6.80. The number of sulfonamides is 1. The third kappa shape index (κ3) is 3.86. The maximum atomic E-state index is 13.0. The van der Waals surface area contributed by atoms with Crippen LogP contribution in [0.5, 0.6) is 0 Å². The van der Waals surface area contributed by atoms with Crippen LogP contribution in [0.3, 0.4) is 0 Å². The van der Waals surface area contributed by atoms with Crippen LogP contribution in [0.2, 0.25) is 10.0 Å². The van der Waals surface area contributed by atoms with Crippen LogP contribution in [-0.4, -0.2) is 49.7 Å². The number of rotatable bonds is 3. The molecule has 0 aliphatic carbocycles. The molecule has 1 aliphatic heterocycles. The predicted octanol–water partition coefficient (Wildman–Crippen LogP) is 3.28. The molecule has 2 aromatic carbocycles. The summed E-state index contributed by atoms with van der Waals surface area (Å²) in [5, 5.41) is 0.647. The van der Waals surface area contributed by atoms with Gasteiger partial charge in [-0.1, -0.05) is 23.2 Å². The Balaban J connectivity index is 1.69. The maximum absolute atomic E-state index is 13.0. The summed E-state index contributed by atoms with van der Waals surface area (Å²) in [6, 6.07) is 9.31. The summed E-state index contributed by atoms with van der Waals surface area (Å²) in [6.07, 6.45) is 0. The van der Waals surface area contributed by atoms with E-state index >= 15 is 0 Å². The number of carbonyl (C=O) groups is 1. The monoisotopic (exact) mass is 416 g/mol. The molecular weight excluding hydrogens is 402 g/mol. The fourth-order valence-electron chi connectivity index (χ4n) is 2.70. The second kappa shape index (κ2) is 7.52. The van der Waals surface area contributed by atoms with E-state index in [4.69, 9.17) is 23.2 Å². The Kier molecular flexibility index (Phi) is 5.53. The van der Waals surface area contributed by atoms with E-state index < -0.39 is 15.8 Å². The highest BCUT2D eigenvalue weighted by Gasteiger charge is 2.30. The topological polar surface area (TPSA) is 57.7 Å². The molecule has 0 unspecified atom stereocenters. The molecule has 1 amide bonds. The highest BCUT2D eigenvalue weighted by atomic mass is 35.5. The number of amides is 1. The first-order valence-electron chi connectivity index (χ1n) is 7.79. The molecule has 138 valence electrons. The predicted molar refractivity (Wildman–Crippen MR) is 97.5 cm³/mol. The standard InChI is InChI=1S/C17H15Cl2FN2O3S/c18-15-6-1-12(11-16(15)19)17(23)21-7-9-22(10-8-21)26(24,25)14-4-2-13(20)3-5-14/h1-6,11H,7-10H2. The second-order valence-electron chi connectivity index (χ2n) is 5.78. The second-order valence-corrected chi connectivity index (χ2v) is 8.53. The molecule has 3 rings (SSSR count). The fourth-order valence-corrected chi connectivity index (χ4v) is 4.42. The number of piperazine rings is 1. The summed E-state index contributed by atoms with van der Waals surface area (Å²) in [7, 11) is -3.71. The van der Waals surface area contributed by atoms with Gasteiger partial charge in [-0.2, -0.15) is 4.31 Å². The zero-order chi connectivity index (χ0) is 18.9. The van der Waals surface area contributed by atoms with Crippen molar-refractivity contribution in [1.82, 2.24) is 9.21 Å². The number of carbonyl (C=O) groups excluding carboxylic acids is 1. The number of benzene rings is 2. The van der Waals surface area contributed by atoms with Crippen LogP contribution in [0.15, 0.2) is 47.4 Å². The molecule has 0 radical (unpaired) electrons. The maximum Gasteiger partial charge on any atom is 0.253 e. The molecule has 0 spiro atoms. The molecule has 2 aromatic rings. The Hall–Kier alpha value is -1.67. The summed E-state index contributed by atoms with van der Waals surface area (Å²) >= 11 is 11.8. The van der Waals surface area contributed by atoms with E-state index in [1.165, 1.54) is 22.5 Å². The van der Waals surface area contributed by atoms with Gasteiger partial charge < -0.3 is 4.90 Å². The zero-order valence-electron chi connectivity index (χ0n) is 13.5. The first kappa shape index (κ1) is 19.1. The van der Waals surface area contributed by atoms with Gasteiger partial charge in [0.15, 0.2) is 0 Å². The molecule has 5 nitrogen and oxygen atoms in total. The van der Waals surface area contributed by atoms with Gasteiger partial charge in [-0.05, 0) is 42.5 Å². The fraction of sp³-hybridized carbons (Fsp3) is 0.235. The van der Waals surface area contributed by atoms with Crippen LogP contribution < -0.4 is 0 Å². The Morgan fingerprint density at radius 2 is 1.54 bits per heavy atom. The average Bonchev–Trinajstić information content (AvgIpc) is 2.64. The van der Waals surface area contributed by atoms with Gasteiger partial charge in [0.25, 0.3) is 5.91 Å². The first-order valence-corrected chi connectivity index (χ1v) is 9.99. The van der Waals surface area contributed by atoms with Gasteiger partial charge in [-0.15, -0.1) is 0 Å². The van der Waals surface area contributed by atoms with Crippen molar-refractivity contribution in [2.75, 3.05) is 26.2 Å². The van der Waals surface area contributed by atoms with Crippen LogP contribution in [0.25, 0.3) is 0 Å². The van der Waals surface area contributed by atoms with Gasteiger partial charge in [0, 0.05) is 31.7 Å². The lowest BCUT2D eigenvalue weighted by atomic mass is 10.2. The van der Waals surface area contributed by atoms with Crippen LogP contribution in [0.4, 0.5) is 4.39 Å². The minimum atomic E-state index is -3.71. The minimum Gasteiger partial charge on any atom is -0.336 e. The van der Waals surface area contributed by atoms with Gasteiger partial charge in [-0.3, -0.25) is 4.79 Å². The van der Waals surface area contributed by atoms with Gasteiger partial charge in [0.2, 0.25) is 10.0 Å². The normalized spacial score (nSPS) is 15.9. The molecule has 0 aromatic heterocycles. The molecule has 1 heterocycles. The van der Waals surface area contributed by atoms with E-state index in [2.05, 4.69) is 0 Å². The molecule has 1 fully saturated rings. The highest BCUT2D eigenvalue weighted by Crippen LogP contribution is 2.24. The Morgan fingerprint density at radius 1 is 0.923 bits per heavy atom. The van der Waals surface area contributed by atoms with E-state index in [0.29, 0.717) is 10.6 Å². The van der Waals surface area contributed by atoms with Gasteiger partial charge in [0.1, 0.15) is 5.82 Å². The summed E-state index contributed by atoms with van der Waals surface area (Å²) < 4.78 is 39.5. The van der Waals surface area contributed by atoms with Gasteiger partial charge in [-0.25, -0.2) is 12.8 Å². The van der Waals surface area contributed by atoms with Crippen LogP contribution in [0, 0.1) is 5.82 Å². The van der Waals surface area contributed by atoms with Crippen LogP contribution in [0.1, 0.15) is 10.4 Å². The minimum absolute atomic E-state index is 0.0307. The Labute approximate surface area is 161 Å². The van der Waals surface area contributed by atoms with Crippen LogP contribution in [-0.2, 0) is 10.0 Å². The van der Waals surface area contributed by atoms with E-state index in [1.807, 2.05) is 0 Å². The highest BCUT2D eigenvalue weighted by molar-refractivity contribution is 7.89. The number of halogens is 3. The molecule has 0 saturated carbocycles. The van der Waals surface area contributed by atoms with Crippen molar-refractivity contribution in [1.29, 1.82) is 0 Å². The van der Waals surface area contributed by atoms with Crippen molar-refractivity contribution in [3.8, 4) is 0 Å². The molecular formula is C17H15Cl2FN2O3S. The van der Waals surface area contributed by atoms with Gasteiger partial charge in [0.05, 0.1) is 14.9 Å². The van der Waals surface area contributed by atoms with Crippen molar-refractivity contribution >= 4 is 39.1 Å². The molecule has 26 heavy (non-hydrogen) atoms. The van der Waals surface area contributed by atoms with Crippen molar-refractivity contribution in [3.05, 3.63) is 63.9 Å². The summed E-state index contributed by atoms with van der Waals surface area (Å²) in [5.41, 5.74) is 0.397. The lowest BCUT2D eigenvalue weighted by Crippen LogP contribution is -2.50. The lowest BCUT2D eigenvalue weighted by molar-refractivity contribution is 0.0698. The van der Waals surface area contributed by atoms with Crippen LogP contribution >= 0.6 is 23.2 Å². The molecule has 0 N–H and O–H groups in total. The summed E-state index contributed by atoms with van der Waals surface area (Å²) in [6.45, 7) is 0.818. The summed E-state index contributed by atoms with van der Waals surface area (Å²) in [4.78, 5) is 14.1. The molecule has 0 bridgehead atoms. The Bertz CT molecular complexity index is 928. The van der Waals surface area contributed by atoms with E-state index in [0.717, 1.165) is 12.1 Å². The zero-order valence-corrected chi connectivity index (χ0v) is 15.9. The average molecular weight is 417 g/mol. The van der Waals surface area contributed by atoms with Crippen molar-refractivity contribution in [2.24, 2.45) is 0 Å². The smallest absolute Gasteiger partial charge is 0.253 e. The quantitative estimate of drug-likeness (QED) is 0.771. The van der Waals surface area contributed by atoms with Crippen molar-refractivity contribution < 1.29 is 17.6 Å². The molecule has 9 heteroatoms. The van der Waals surface area contributed by atoms with Crippen molar-refractivity contribution in [3.63, 3.8) is 0 Å². The Morgan fingerprint density at radius 3 is 2.12 bits per heavy atom. The molecule has 1 aliphatic rings. The number of nitrogens with zero attached hydrogens (tertiary/aromatic N) is 2. The SMILES string of the molecule is O=C(c1ccc(Cl)c(Cl)c1)N1CCN(S(=O)(=O)c2ccc(F)cc2)CC1. The number of hydrogen-bond donors (Lipinski definition) is 0. The van der Waals surface area contributed by atoms with Crippen molar-refractivity contribution in [2.45, 2.75) is 4.90 Å². The largest absolute Gasteiger partial charge is 0.336 e. The van der Waals surface area contributed by atoms with Gasteiger partial charge >= 0.3 is 0 Å². The third-order valence-electron chi connectivity index (χ3n) is 4.14. The van der Waals surface area contributed by atoms with E-state index in [1.54, 1.807) is 17.0 Å².